The maximum Gasteiger partial charge on any atom is 0.120 e. The van der Waals surface area contributed by atoms with Gasteiger partial charge in [-0.1, -0.05) is 15.9 Å². The molecule has 1 aliphatic rings. The van der Waals surface area contributed by atoms with Gasteiger partial charge in [0.05, 0.1) is 6.61 Å². The van der Waals surface area contributed by atoms with Gasteiger partial charge in [0.25, 0.3) is 0 Å². The maximum atomic E-state index is 6.00. The molecule has 14 heavy (non-hydrogen) atoms. The van der Waals surface area contributed by atoms with E-state index in [1.54, 1.807) is 0 Å². The average Bonchev–Trinajstić information content (AvgIpc) is 2.48. The zero-order valence-electron chi connectivity index (χ0n) is 8.22. The lowest BCUT2D eigenvalue weighted by atomic mass is 10.1. The van der Waals surface area contributed by atoms with Crippen molar-refractivity contribution in [3.63, 3.8) is 0 Å². The minimum atomic E-state index is 0.190. The van der Waals surface area contributed by atoms with Gasteiger partial charge < -0.3 is 10.5 Å². The Morgan fingerprint density at radius 1 is 1.57 bits per heavy atom. The number of rotatable bonds is 2. The van der Waals surface area contributed by atoms with Crippen molar-refractivity contribution in [2.45, 2.75) is 25.8 Å². The van der Waals surface area contributed by atoms with Crippen LogP contribution >= 0.6 is 15.9 Å². The number of ether oxygens (including phenoxy) is 1. The normalized spacial score (nSPS) is 19.5. The Bertz CT molecular complexity index is 351. The Morgan fingerprint density at radius 2 is 2.36 bits per heavy atom. The standard InChI is InChI=1S/C11H14BrNO/c1-2-14-8-5-7-3-4-10(13)11(7)9(12)6-8/h5-6,10H,2-4,13H2,1H3/t10-/m0/s1. The summed E-state index contributed by atoms with van der Waals surface area (Å²) in [5.41, 5.74) is 8.59. The summed E-state index contributed by atoms with van der Waals surface area (Å²) in [5.74, 6) is 0.937. The van der Waals surface area contributed by atoms with Gasteiger partial charge in [-0.3, -0.25) is 0 Å². The monoisotopic (exact) mass is 255 g/mol. The van der Waals surface area contributed by atoms with Gasteiger partial charge in [-0.15, -0.1) is 0 Å². The second-order valence-corrected chi connectivity index (χ2v) is 4.41. The van der Waals surface area contributed by atoms with E-state index in [4.69, 9.17) is 10.5 Å². The number of hydrogen-bond acceptors (Lipinski definition) is 2. The van der Waals surface area contributed by atoms with Crippen LogP contribution in [0.3, 0.4) is 0 Å². The largest absolute Gasteiger partial charge is 0.494 e. The SMILES string of the molecule is CCOc1cc(Br)c2c(c1)CC[C@@H]2N. The molecular formula is C11H14BrNO. The number of nitrogens with two attached hydrogens (primary N) is 1. The Balaban J connectivity index is 2.41. The molecule has 76 valence electrons. The van der Waals surface area contributed by atoms with Gasteiger partial charge in [-0.05, 0) is 43.0 Å². The van der Waals surface area contributed by atoms with Gasteiger partial charge in [0, 0.05) is 10.5 Å². The Kier molecular flexibility index (Phi) is 2.79. The number of fused-ring (bicyclic) bond motifs is 1. The average molecular weight is 256 g/mol. The van der Waals surface area contributed by atoms with Crippen molar-refractivity contribution < 1.29 is 4.74 Å². The Hall–Kier alpha value is -0.540. The van der Waals surface area contributed by atoms with E-state index >= 15 is 0 Å². The summed E-state index contributed by atoms with van der Waals surface area (Å²) >= 11 is 3.55. The highest BCUT2D eigenvalue weighted by Gasteiger charge is 2.22. The van der Waals surface area contributed by atoms with Crippen LogP contribution in [0.5, 0.6) is 5.75 Å². The molecule has 2 nitrogen and oxygen atoms in total. The highest BCUT2D eigenvalue weighted by Crippen LogP contribution is 2.37. The molecule has 0 aromatic heterocycles. The van der Waals surface area contributed by atoms with Crippen molar-refractivity contribution in [3.8, 4) is 5.75 Å². The van der Waals surface area contributed by atoms with Crippen LogP contribution in [0, 0.1) is 0 Å². The van der Waals surface area contributed by atoms with Crippen LogP contribution < -0.4 is 10.5 Å². The minimum Gasteiger partial charge on any atom is -0.494 e. The molecular weight excluding hydrogens is 242 g/mol. The first-order valence-electron chi connectivity index (χ1n) is 4.93. The molecule has 2 rings (SSSR count). The van der Waals surface area contributed by atoms with Gasteiger partial charge >= 0.3 is 0 Å². The highest BCUT2D eigenvalue weighted by atomic mass is 79.9. The van der Waals surface area contributed by atoms with Crippen LogP contribution in [-0.2, 0) is 6.42 Å². The second-order valence-electron chi connectivity index (χ2n) is 3.56. The van der Waals surface area contributed by atoms with Crippen molar-refractivity contribution in [2.75, 3.05) is 6.61 Å². The number of benzene rings is 1. The topological polar surface area (TPSA) is 35.2 Å². The fourth-order valence-electron chi connectivity index (χ4n) is 1.97. The zero-order valence-corrected chi connectivity index (χ0v) is 9.80. The minimum absolute atomic E-state index is 0.190. The van der Waals surface area contributed by atoms with E-state index in [1.807, 2.05) is 13.0 Å². The molecule has 0 unspecified atom stereocenters. The van der Waals surface area contributed by atoms with E-state index < -0.39 is 0 Å². The summed E-state index contributed by atoms with van der Waals surface area (Å²) in [5, 5.41) is 0. The van der Waals surface area contributed by atoms with E-state index in [-0.39, 0.29) is 6.04 Å². The maximum absolute atomic E-state index is 6.00. The summed E-state index contributed by atoms with van der Waals surface area (Å²) in [6.45, 7) is 2.70. The number of aryl methyl sites for hydroxylation is 1. The number of halogens is 1. The van der Waals surface area contributed by atoms with Crippen LogP contribution in [0.15, 0.2) is 16.6 Å². The molecule has 0 saturated carbocycles. The van der Waals surface area contributed by atoms with Crippen molar-refractivity contribution in [3.05, 3.63) is 27.7 Å². The van der Waals surface area contributed by atoms with E-state index in [1.165, 1.54) is 11.1 Å². The van der Waals surface area contributed by atoms with Gasteiger partial charge in [-0.25, -0.2) is 0 Å². The summed E-state index contributed by atoms with van der Waals surface area (Å²) in [7, 11) is 0. The highest BCUT2D eigenvalue weighted by molar-refractivity contribution is 9.10. The third kappa shape index (κ3) is 1.66. The molecule has 0 spiro atoms. The smallest absolute Gasteiger partial charge is 0.120 e. The molecule has 1 aromatic rings. The lowest BCUT2D eigenvalue weighted by Gasteiger charge is -2.10. The first kappa shape index (κ1) is 9.99. The van der Waals surface area contributed by atoms with E-state index in [0.29, 0.717) is 6.61 Å². The number of hydrogen-bond donors (Lipinski definition) is 1. The van der Waals surface area contributed by atoms with Gasteiger partial charge in [0.15, 0.2) is 0 Å². The molecule has 0 bridgehead atoms. The Labute approximate surface area is 92.6 Å². The van der Waals surface area contributed by atoms with E-state index in [9.17, 15) is 0 Å². The summed E-state index contributed by atoms with van der Waals surface area (Å²) in [6.07, 6.45) is 2.11. The summed E-state index contributed by atoms with van der Waals surface area (Å²) in [6, 6.07) is 4.30. The van der Waals surface area contributed by atoms with Crippen molar-refractivity contribution in [1.29, 1.82) is 0 Å². The first-order chi connectivity index (χ1) is 6.72. The molecule has 1 atom stereocenters. The molecule has 0 amide bonds. The quantitative estimate of drug-likeness (QED) is 0.883. The third-order valence-corrected chi connectivity index (χ3v) is 3.25. The molecule has 2 N–H and O–H groups in total. The molecule has 3 heteroatoms. The fraction of sp³-hybridized carbons (Fsp3) is 0.455. The van der Waals surface area contributed by atoms with Crippen LogP contribution in [0.1, 0.15) is 30.5 Å². The Morgan fingerprint density at radius 3 is 3.07 bits per heavy atom. The second kappa shape index (κ2) is 3.91. The predicted octanol–water partition coefficient (Wildman–Crippen LogP) is 2.79. The van der Waals surface area contributed by atoms with Gasteiger partial charge in [-0.2, -0.15) is 0 Å². The lowest BCUT2D eigenvalue weighted by Crippen LogP contribution is -2.06. The summed E-state index contributed by atoms with van der Waals surface area (Å²) in [4.78, 5) is 0. The molecule has 0 heterocycles. The lowest BCUT2D eigenvalue weighted by molar-refractivity contribution is 0.339. The zero-order chi connectivity index (χ0) is 10.1. The van der Waals surface area contributed by atoms with Crippen molar-refractivity contribution >= 4 is 15.9 Å². The third-order valence-electron chi connectivity index (χ3n) is 2.60. The van der Waals surface area contributed by atoms with Crippen LogP contribution in [0.25, 0.3) is 0 Å². The van der Waals surface area contributed by atoms with E-state index in [2.05, 4.69) is 22.0 Å². The molecule has 0 fully saturated rings. The molecule has 0 saturated heterocycles. The van der Waals surface area contributed by atoms with Gasteiger partial charge in [0.1, 0.15) is 5.75 Å². The summed E-state index contributed by atoms with van der Waals surface area (Å²) < 4.78 is 6.56. The van der Waals surface area contributed by atoms with Crippen LogP contribution in [0.2, 0.25) is 0 Å². The van der Waals surface area contributed by atoms with Crippen LogP contribution in [0.4, 0.5) is 0 Å². The van der Waals surface area contributed by atoms with Crippen molar-refractivity contribution in [1.82, 2.24) is 0 Å². The van der Waals surface area contributed by atoms with Gasteiger partial charge in [0.2, 0.25) is 0 Å². The molecule has 1 aromatic carbocycles. The fourth-order valence-corrected chi connectivity index (χ4v) is 2.75. The molecule has 0 radical (unpaired) electrons. The van der Waals surface area contributed by atoms with E-state index in [0.717, 1.165) is 23.1 Å². The first-order valence-corrected chi connectivity index (χ1v) is 5.72. The van der Waals surface area contributed by atoms with Crippen molar-refractivity contribution in [2.24, 2.45) is 5.73 Å². The van der Waals surface area contributed by atoms with Crippen LogP contribution in [-0.4, -0.2) is 6.61 Å². The molecule has 1 aliphatic carbocycles. The predicted molar refractivity (Wildman–Crippen MR) is 60.6 cm³/mol. The molecule has 0 aliphatic heterocycles.